The third-order valence-corrected chi connectivity index (χ3v) is 4.49. The van der Waals surface area contributed by atoms with Crippen LogP contribution in [0, 0.1) is 11.6 Å². The molecule has 0 aliphatic rings. The Morgan fingerprint density at radius 3 is 2.28 bits per heavy atom. The Morgan fingerprint density at radius 2 is 1.72 bits per heavy atom. The van der Waals surface area contributed by atoms with E-state index in [1.807, 2.05) is 0 Å². The maximum absolute atomic E-state index is 14.2. The highest BCUT2D eigenvalue weighted by atomic mass is 19.1. The minimum atomic E-state index is -1.04. The van der Waals surface area contributed by atoms with Gasteiger partial charge in [0.1, 0.15) is 0 Å². The molecule has 0 bridgehead atoms. The number of hydrogen-bond acceptors (Lipinski definition) is 4. The summed E-state index contributed by atoms with van der Waals surface area (Å²) in [5.41, 5.74) is 2.43. The van der Waals surface area contributed by atoms with Gasteiger partial charge in [-0.15, -0.1) is 0 Å². The molecule has 29 heavy (non-hydrogen) atoms. The number of carboxylic acids is 1. The molecule has 0 unspecified atom stereocenters. The minimum Gasteiger partial charge on any atom is -0.491 e. The third-order valence-electron chi connectivity index (χ3n) is 4.49. The van der Waals surface area contributed by atoms with Gasteiger partial charge in [0, 0.05) is 17.3 Å². The van der Waals surface area contributed by atoms with Crippen LogP contribution in [0.25, 0.3) is 22.5 Å². The lowest BCUT2D eigenvalue weighted by Gasteiger charge is -2.12. The van der Waals surface area contributed by atoms with Gasteiger partial charge in [0.25, 0.3) is 0 Å². The third kappa shape index (κ3) is 4.39. The zero-order chi connectivity index (χ0) is 21.0. The standard InChI is InChI=1S/C22H20F2N2O3/c1-3-4-5-16-12-25-19(15-10-17(23)21(29-2)18(24)11-15)20(26-16)13-6-8-14(9-7-13)22(27)28/h6-12H,3-5H2,1-2H3,(H,27,28). The van der Waals surface area contributed by atoms with Crippen molar-refractivity contribution >= 4 is 5.97 Å². The molecule has 0 fully saturated rings. The van der Waals surface area contributed by atoms with Gasteiger partial charge in [-0.25, -0.2) is 18.6 Å². The fourth-order valence-corrected chi connectivity index (χ4v) is 2.98. The smallest absolute Gasteiger partial charge is 0.335 e. The van der Waals surface area contributed by atoms with Crippen molar-refractivity contribution in [2.24, 2.45) is 0 Å². The lowest BCUT2D eigenvalue weighted by molar-refractivity contribution is 0.0697. The quantitative estimate of drug-likeness (QED) is 0.597. The highest BCUT2D eigenvalue weighted by molar-refractivity contribution is 5.88. The number of aromatic nitrogens is 2. The molecule has 3 aromatic rings. The van der Waals surface area contributed by atoms with E-state index in [2.05, 4.69) is 16.9 Å². The highest BCUT2D eigenvalue weighted by Gasteiger charge is 2.18. The van der Waals surface area contributed by atoms with Crippen molar-refractivity contribution < 1.29 is 23.4 Å². The van der Waals surface area contributed by atoms with E-state index in [-0.39, 0.29) is 11.1 Å². The lowest BCUT2D eigenvalue weighted by atomic mass is 10.0. The summed E-state index contributed by atoms with van der Waals surface area (Å²) in [5.74, 6) is -3.19. The number of carbonyl (C=O) groups is 1. The summed E-state index contributed by atoms with van der Waals surface area (Å²) >= 11 is 0. The topological polar surface area (TPSA) is 72.3 Å². The second-order valence-corrected chi connectivity index (χ2v) is 6.52. The van der Waals surface area contributed by atoms with Gasteiger partial charge in [-0.2, -0.15) is 0 Å². The Kier molecular flexibility index (Phi) is 6.16. The molecule has 0 saturated heterocycles. The molecule has 0 radical (unpaired) electrons. The Morgan fingerprint density at radius 1 is 1.07 bits per heavy atom. The van der Waals surface area contributed by atoms with E-state index in [1.165, 1.54) is 19.2 Å². The fraction of sp³-hybridized carbons (Fsp3) is 0.227. The summed E-state index contributed by atoms with van der Waals surface area (Å²) in [4.78, 5) is 20.2. The first kappa shape index (κ1) is 20.4. The number of aromatic carboxylic acids is 1. The van der Waals surface area contributed by atoms with Gasteiger partial charge < -0.3 is 9.84 Å². The highest BCUT2D eigenvalue weighted by Crippen LogP contribution is 2.33. The van der Waals surface area contributed by atoms with Crippen molar-refractivity contribution in [2.45, 2.75) is 26.2 Å². The molecular weight excluding hydrogens is 378 g/mol. The van der Waals surface area contributed by atoms with E-state index >= 15 is 0 Å². The van der Waals surface area contributed by atoms with E-state index in [1.54, 1.807) is 18.3 Å². The van der Waals surface area contributed by atoms with E-state index in [9.17, 15) is 13.6 Å². The number of rotatable bonds is 7. The maximum Gasteiger partial charge on any atom is 0.335 e. The minimum absolute atomic E-state index is 0.131. The van der Waals surface area contributed by atoms with Crippen LogP contribution in [0.3, 0.4) is 0 Å². The number of nitrogens with zero attached hydrogens (tertiary/aromatic N) is 2. The van der Waals surface area contributed by atoms with Crippen LogP contribution in [-0.2, 0) is 6.42 Å². The van der Waals surface area contributed by atoms with Crippen LogP contribution in [0.2, 0.25) is 0 Å². The van der Waals surface area contributed by atoms with E-state index < -0.39 is 23.4 Å². The number of unbranched alkanes of at least 4 members (excludes halogenated alkanes) is 1. The molecule has 1 N–H and O–H groups in total. The molecule has 0 aliphatic heterocycles. The molecule has 1 aromatic heterocycles. The number of ether oxygens (including phenoxy) is 1. The number of methoxy groups -OCH3 is 1. The SMILES string of the molecule is CCCCc1cnc(-c2cc(F)c(OC)c(F)c2)c(-c2ccc(C(=O)O)cc2)n1. The first-order chi connectivity index (χ1) is 13.9. The Labute approximate surface area is 167 Å². The summed E-state index contributed by atoms with van der Waals surface area (Å²) in [5, 5.41) is 9.11. The second-order valence-electron chi connectivity index (χ2n) is 6.52. The fourth-order valence-electron chi connectivity index (χ4n) is 2.98. The maximum atomic E-state index is 14.2. The number of hydrogen-bond donors (Lipinski definition) is 1. The summed E-state index contributed by atoms with van der Waals surface area (Å²) < 4.78 is 33.2. The summed E-state index contributed by atoms with van der Waals surface area (Å²) in [6, 6.07) is 8.42. The van der Waals surface area contributed by atoms with Crippen LogP contribution in [0.1, 0.15) is 35.8 Å². The van der Waals surface area contributed by atoms with Gasteiger partial charge >= 0.3 is 5.97 Å². The van der Waals surface area contributed by atoms with Gasteiger partial charge in [-0.3, -0.25) is 4.98 Å². The predicted molar refractivity (Wildman–Crippen MR) is 105 cm³/mol. The zero-order valence-electron chi connectivity index (χ0n) is 16.1. The molecule has 3 rings (SSSR count). The number of benzene rings is 2. The molecule has 1 heterocycles. The summed E-state index contributed by atoms with van der Waals surface area (Å²) in [6.07, 6.45) is 4.23. The monoisotopic (exact) mass is 398 g/mol. The van der Waals surface area contributed by atoms with Crippen LogP contribution in [0.15, 0.2) is 42.6 Å². The Hall–Kier alpha value is -3.35. The van der Waals surface area contributed by atoms with Gasteiger partial charge in [0.05, 0.1) is 29.8 Å². The predicted octanol–water partition coefficient (Wildman–Crippen LogP) is 5.14. The molecular formula is C22H20F2N2O3. The molecule has 0 atom stereocenters. The lowest BCUT2D eigenvalue weighted by Crippen LogP contribution is -2.01. The van der Waals surface area contributed by atoms with Crippen molar-refractivity contribution in [2.75, 3.05) is 7.11 Å². The van der Waals surface area contributed by atoms with E-state index in [0.717, 1.165) is 37.1 Å². The summed E-state index contributed by atoms with van der Waals surface area (Å²) in [6.45, 7) is 2.07. The first-order valence-corrected chi connectivity index (χ1v) is 9.17. The average Bonchev–Trinajstić information content (AvgIpc) is 2.72. The molecule has 5 nitrogen and oxygen atoms in total. The van der Waals surface area contributed by atoms with Crippen LogP contribution in [-0.4, -0.2) is 28.2 Å². The normalized spacial score (nSPS) is 10.8. The second kappa shape index (κ2) is 8.77. The number of carboxylic acid groups (broad SMARTS) is 1. The Bertz CT molecular complexity index is 1010. The Balaban J connectivity index is 2.15. The first-order valence-electron chi connectivity index (χ1n) is 9.17. The molecule has 0 spiro atoms. The largest absolute Gasteiger partial charge is 0.491 e. The van der Waals surface area contributed by atoms with Crippen LogP contribution < -0.4 is 4.74 Å². The summed E-state index contributed by atoms with van der Waals surface area (Å²) in [7, 11) is 1.19. The van der Waals surface area contributed by atoms with Crippen molar-refractivity contribution in [1.29, 1.82) is 0 Å². The van der Waals surface area contributed by atoms with Gasteiger partial charge in [-0.1, -0.05) is 25.5 Å². The molecule has 2 aromatic carbocycles. The van der Waals surface area contributed by atoms with Gasteiger partial charge in [-0.05, 0) is 37.1 Å². The van der Waals surface area contributed by atoms with Crippen LogP contribution in [0.4, 0.5) is 8.78 Å². The molecule has 0 saturated carbocycles. The number of halogens is 2. The molecule has 7 heteroatoms. The zero-order valence-corrected chi connectivity index (χ0v) is 16.1. The van der Waals surface area contributed by atoms with Crippen LogP contribution in [0.5, 0.6) is 5.75 Å². The van der Waals surface area contributed by atoms with Crippen molar-refractivity contribution in [1.82, 2.24) is 9.97 Å². The van der Waals surface area contributed by atoms with Crippen molar-refractivity contribution in [3.63, 3.8) is 0 Å². The van der Waals surface area contributed by atoms with Crippen molar-refractivity contribution in [3.8, 4) is 28.3 Å². The molecule has 150 valence electrons. The van der Waals surface area contributed by atoms with E-state index in [4.69, 9.17) is 9.84 Å². The molecule has 0 amide bonds. The van der Waals surface area contributed by atoms with Crippen LogP contribution >= 0.6 is 0 Å². The average molecular weight is 398 g/mol. The van der Waals surface area contributed by atoms with Crippen molar-refractivity contribution in [3.05, 3.63) is 65.5 Å². The van der Waals surface area contributed by atoms with E-state index in [0.29, 0.717) is 17.0 Å². The number of aryl methyl sites for hydroxylation is 1. The van der Waals surface area contributed by atoms with Gasteiger partial charge in [0.2, 0.25) is 0 Å². The molecule has 0 aliphatic carbocycles. The van der Waals surface area contributed by atoms with Gasteiger partial charge in [0.15, 0.2) is 17.4 Å².